The third-order valence-electron chi connectivity index (χ3n) is 0.850. The van der Waals surface area contributed by atoms with Gasteiger partial charge in [0, 0.05) is 0 Å². The zero-order valence-corrected chi connectivity index (χ0v) is 5.51. The van der Waals surface area contributed by atoms with Crippen LogP contribution in [0.25, 0.3) is 0 Å². The summed E-state index contributed by atoms with van der Waals surface area (Å²) in [5.41, 5.74) is 0. The molecular formula is C6H7NO4. The predicted molar refractivity (Wildman–Crippen MR) is 37.4 cm³/mol. The van der Waals surface area contributed by atoms with E-state index >= 15 is 0 Å². The maximum absolute atomic E-state index is 8.65. The molecule has 5 nitrogen and oxygen atoms in total. The minimum atomic E-state index is 0.169. The fourth-order valence-corrected chi connectivity index (χ4v) is 0.453. The van der Waals surface area contributed by atoms with Gasteiger partial charge in [-0.15, -0.1) is 4.91 Å². The van der Waals surface area contributed by atoms with Gasteiger partial charge in [-0.2, -0.15) is 0 Å². The summed E-state index contributed by atoms with van der Waals surface area (Å²) in [6.07, 6.45) is 0. The number of nitrogens with zero attached hydrogens (tertiary/aromatic N) is 1. The van der Waals surface area contributed by atoms with Crippen molar-refractivity contribution in [2.24, 2.45) is 5.34 Å². The van der Waals surface area contributed by atoms with Gasteiger partial charge in [-0.3, -0.25) is 0 Å². The van der Waals surface area contributed by atoms with Crippen molar-refractivity contribution >= 4 is 0 Å². The Hall–Kier alpha value is -1.78. The lowest BCUT2D eigenvalue weighted by Gasteiger charge is -1.88. The molecule has 0 radical (unpaired) electrons. The first-order valence-corrected chi connectivity index (χ1v) is 2.65. The Morgan fingerprint density at radius 1 is 1.00 bits per heavy atom. The summed E-state index contributed by atoms with van der Waals surface area (Å²) in [5, 5.41) is 25.2. The minimum absolute atomic E-state index is 0.169. The van der Waals surface area contributed by atoms with Crippen LogP contribution in [0.2, 0.25) is 0 Å². The molecule has 0 saturated heterocycles. The molecule has 0 aromatic heterocycles. The van der Waals surface area contributed by atoms with Gasteiger partial charge in [0.1, 0.15) is 11.5 Å². The predicted octanol–water partition coefficient (Wildman–Crippen LogP) is 1.24. The van der Waals surface area contributed by atoms with Crippen molar-refractivity contribution in [1.29, 1.82) is 0 Å². The van der Waals surface area contributed by atoms with Crippen molar-refractivity contribution < 1.29 is 15.4 Å². The van der Waals surface area contributed by atoms with Crippen LogP contribution < -0.4 is 0 Å². The monoisotopic (exact) mass is 157 g/mol. The molecule has 0 bridgehead atoms. The summed E-state index contributed by atoms with van der Waals surface area (Å²) in [7, 11) is 0. The van der Waals surface area contributed by atoms with Crippen LogP contribution in [0, 0.1) is 4.91 Å². The van der Waals surface area contributed by atoms with Gasteiger partial charge in [0.15, 0.2) is 5.34 Å². The number of benzene rings is 1. The van der Waals surface area contributed by atoms with E-state index in [1.165, 1.54) is 29.6 Å². The number of hydrogen-bond acceptors (Lipinski definition) is 4. The van der Waals surface area contributed by atoms with Gasteiger partial charge in [-0.05, 0) is 24.3 Å². The molecule has 0 spiro atoms. The SMILES string of the molecule is O=NO.Oc1ccc(O)cc1. The Morgan fingerprint density at radius 2 is 1.18 bits per heavy atom. The Morgan fingerprint density at radius 3 is 1.36 bits per heavy atom. The summed E-state index contributed by atoms with van der Waals surface area (Å²) in [5.74, 6) is 0.339. The lowest BCUT2D eigenvalue weighted by atomic mass is 10.3. The van der Waals surface area contributed by atoms with E-state index in [9.17, 15) is 0 Å². The van der Waals surface area contributed by atoms with E-state index in [2.05, 4.69) is 0 Å². The first-order valence-electron chi connectivity index (χ1n) is 2.65. The third kappa shape index (κ3) is 4.71. The Kier molecular flexibility index (Phi) is 4.22. The molecule has 3 N–H and O–H groups in total. The number of phenols is 2. The van der Waals surface area contributed by atoms with Gasteiger partial charge in [-0.1, -0.05) is 0 Å². The van der Waals surface area contributed by atoms with Crippen molar-refractivity contribution in [3.8, 4) is 11.5 Å². The quantitative estimate of drug-likeness (QED) is 0.300. The van der Waals surface area contributed by atoms with Gasteiger partial charge in [0.05, 0.1) is 0 Å². The average molecular weight is 157 g/mol. The van der Waals surface area contributed by atoms with E-state index in [-0.39, 0.29) is 11.5 Å². The van der Waals surface area contributed by atoms with E-state index < -0.39 is 0 Å². The fourth-order valence-electron chi connectivity index (χ4n) is 0.453. The molecule has 0 aliphatic carbocycles. The fraction of sp³-hybridized carbons (Fsp3) is 0. The largest absolute Gasteiger partial charge is 0.508 e. The first kappa shape index (κ1) is 9.22. The standard InChI is InChI=1S/C6H6O2.HNO2/c7-5-1-2-6(8)4-3-5;2-1-3/h1-4,7-8H;(H,2,3). The Bertz CT molecular complexity index is 187. The first-order chi connectivity index (χ1) is 5.20. The van der Waals surface area contributed by atoms with Crippen LogP contribution in [-0.4, -0.2) is 15.4 Å². The van der Waals surface area contributed by atoms with Crippen molar-refractivity contribution in [2.75, 3.05) is 0 Å². The molecule has 60 valence electrons. The zero-order chi connectivity index (χ0) is 8.69. The highest BCUT2D eigenvalue weighted by molar-refractivity contribution is 5.28. The van der Waals surface area contributed by atoms with E-state index in [1.54, 1.807) is 0 Å². The number of aromatic hydroxyl groups is 2. The van der Waals surface area contributed by atoms with Gasteiger partial charge < -0.3 is 15.4 Å². The van der Waals surface area contributed by atoms with Crippen LogP contribution in [0.15, 0.2) is 29.6 Å². The molecule has 11 heavy (non-hydrogen) atoms. The van der Waals surface area contributed by atoms with Gasteiger partial charge in [0.25, 0.3) is 0 Å². The number of hydrogen-bond donors (Lipinski definition) is 3. The summed E-state index contributed by atoms with van der Waals surface area (Å²) >= 11 is 0. The van der Waals surface area contributed by atoms with Crippen LogP contribution >= 0.6 is 0 Å². The Balaban J connectivity index is 0.000000292. The third-order valence-corrected chi connectivity index (χ3v) is 0.850. The van der Waals surface area contributed by atoms with E-state index in [0.29, 0.717) is 0 Å². The summed E-state index contributed by atoms with van der Waals surface area (Å²) in [6.45, 7) is 0. The second-order valence-electron chi connectivity index (χ2n) is 1.60. The molecule has 0 fully saturated rings. The molecule has 0 heterocycles. The highest BCUT2D eigenvalue weighted by Gasteiger charge is 1.84. The van der Waals surface area contributed by atoms with Crippen molar-refractivity contribution in [1.82, 2.24) is 0 Å². The van der Waals surface area contributed by atoms with E-state index in [4.69, 9.17) is 20.3 Å². The lowest BCUT2D eigenvalue weighted by molar-refractivity contribution is 0.312. The number of phenolic OH excluding ortho intramolecular Hbond substituents is 2. The molecule has 1 rings (SSSR count). The highest BCUT2D eigenvalue weighted by atomic mass is 16.6. The second kappa shape index (κ2) is 5.04. The van der Waals surface area contributed by atoms with Crippen molar-refractivity contribution in [3.63, 3.8) is 0 Å². The van der Waals surface area contributed by atoms with Crippen LogP contribution in [0.5, 0.6) is 11.5 Å². The van der Waals surface area contributed by atoms with Gasteiger partial charge in [0.2, 0.25) is 0 Å². The normalized spacial score (nSPS) is 7.64. The molecule has 0 saturated carbocycles. The van der Waals surface area contributed by atoms with Crippen LogP contribution in [-0.2, 0) is 0 Å². The lowest BCUT2D eigenvalue weighted by Crippen LogP contribution is -1.61. The molecule has 1 aromatic carbocycles. The number of rotatable bonds is 0. The highest BCUT2D eigenvalue weighted by Crippen LogP contribution is 2.13. The molecule has 0 aliphatic rings. The van der Waals surface area contributed by atoms with E-state index in [0.717, 1.165) is 0 Å². The Labute approximate surface area is 62.5 Å². The summed E-state index contributed by atoms with van der Waals surface area (Å²) < 4.78 is 0. The summed E-state index contributed by atoms with van der Waals surface area (Å²) in [6, 6.07) is 5.70. The average Bonchev–Trinajstić information content (AvgIpc) is 1.97. The molecule has 0 amide bonds. The smallest absolute Gasteiger partial charge is 0.152 e. The van der Waals surface area contributed by atoms with Crippen LogP contribution in [0.3, 0.4) is 0 Å². The van der Waals surface area contributed by atoms with Gasteiger partial charge in [-0.25, -0.2) is 0 Å². The molecule has 0 unspecified atom stereocenters. The summed E-state index contributed by atoms with van der Waals surface area (Å²) in [4.78, 5) is 8.11. The van der Waals surface area contributed by atoms with Gasteiger partial charge >= 0.3 is 0 Å². The molecular weight excluding hydrogens is 150 g/mol. The molecule has 5 heteroatoms. The van der Waals surface area contributed by atoms with Crippen molar-refractivity contribution in [2.45, 2.75) is 0 Å². The minimum Gasteiger partial charge on any atom is -0.508 e. The van der Waals surface area contributed by atoms with Crippen LogP contribution in [0.4, 0.5) is 0 Å². The molecule has 0 aliphatic heterocycles. The molecule has 1 aromatic rings. The van der Waals surface area contributed by atoms with E-state index in [1.807, 2.05) is 0 Å². The zero-order valence-electron chi connectivity index (χ0n) is 5.51. The topological polar surface area (TPSA) is 90.1 Å². The second-order valence-corrected chi connectivity index (χ2v) is 1.60. The maximum Gasteiger partial charge on any atom is 0.152 e. The molecule has 0 atom stereocenters. The van der Waals surface area contributed by atoms with Crippen molar-refractivity contribution in [3.05, 3.63) is 29.2 Å². The maximum atomic E-state index is 8.65. The van der Waals surface area contributed by atoms with Crippen LogP contribution in [0.1, 0.15) is 0 Å².